The molecular formula is C27H44O2. The lowest BCUT2D eigenvalue weighted by molar-refractivity contribution is 0.0409. The second-order valence-corrected chi connectivity index (χ2v) is 6.17. The number of benzene rings is 1. The SMILES string of the molecule is CC.CC.C\C=C/C=C(C)/C(C)=C(OCCOC(C)C)/C(=C\C)c1ccccc1. The minimum absolute atomic E-state index is 0.212. The van der Waals surface area contributed by atoms with Gasteiger partial charge in [0.15, 0.2) is 0 Å². The zero-order chi connectivity index (χ0) is 22.7. The summed E-state index contributed by atoms with van der Waals surface area (Å²) in [4.78, 5) is 0. The van der Waals surface area contributed by atoms with Gasteiger partial charge < -0.3 is 9.47 Å². The summed E-state index contributed by atoms with van der Waals surface area (Å²) in [5.74, 6) is 0.916. The van der Waals surface area contributed by atoms with Gasteiger partial charge in [-0.15, -0.1) is 0 Å². The molecule has 0 unspecified atom stereocenters. The van der Waals surface area contributed by atoms with E-state index in [-0.39, 0.29) is 6.10 Å². The highest BCUT2D eigenvalue weighted by molar-refractivity contribution is 5.78. The molecule has 0 amide bonds. The molecule has 1 aromatic rings. The van der Waals surface area contributed by atoms with Gasteiger partial charge >= 0.3 is 0 Å². The summed E-state index contributed by atoms with van der Waals surface area (Å²) >= 11 is 0. The van der Waals surface area contributed by atoms with Gasteiger partial charge in [-0.3, -0.25) is 0 Å². The minimum atomic E-state index is 0.212. The lowest BCUT2D eigenvalue weighted by atomic mass is 9.97. The van der Waals surface area contributed by atoms with Crippen molar-refractivity contribution in [3.63, 3.8) is 0 Å². The molecule has 0 heterocycles. The zero-order valence-electron chi connectivity index (χ0n) is 20.5. The Kier molecular flexibility index (Phi) is 19.4. The molecule has 164 valence electrons. The summed E-state index contributed by atoms with van der Waals surface area (Å²) < 4.78 is 11.8. The van der Waals surface area contributed by atoms with Crippen molar-refractivity contribution in [2.24, 2.45) is 0 Å². The van der Waals surface area contributed by atoms with Crippen LogP contribution < -0.4 is 0 Å². The van der Waals surface area contributed by atoms with E-state index in [9.17, 15) is 0 Å². The average Bonchev–Trinajstić information content (AvgIpc) is 2.77. The third-order valence-electron chi connectivity index (χ3n) is 3.87. The van der Waals surface area contributed by atoms with Crippen LogP contribution in [0.3, 0.4) is 0 Å². The maximum absolute atomic E-state index is 6.18. The molecule has 0 N–H and O–H groups in total. The van der Waals surface area contributed by atoms with Gasteiger partial charge in [-0.05, 0) is 58.3 Å². The highest BCUT2D eigenvalue weighted by atomic mass is 16.5. The highest BCUT2D eigenvalue weighted by Gasteiger charge is 2.13. The fourth-order valence-corrected chi connectivity index (χ4v) is 2.41. The van der Waals surface area contributed by atoms with Gasteiger partial charge in [0.25, 0.3) is 0 Å². The lowest BCUT2D eigenvalue weighted by Gasteiger charge is -2.19. The summed E-state index contributed by atoms with van der Waals surface area (Å²) in [6.07, 6.45) is 8.52. The summed E-state index contributed by atoms with van der Waals surface area (Å²) in [7, 11) is 0. The van der Waals surface area contributed by atoms with Crippen molar-refractivity contribution in [3.05, 3.63) is 77.1 Å². The maximum atomic E-state index is 6.18. The Balaban J connectivity index is 0. The molecule has 0 fully saturated rings. The number of allylic oxidation sites excluding steroid dienone is 7. The van der Waals surface area contributed by atoms with Crippen LogP contribution >= 0.6 is 0 Å². The van der Waals surface area contributed by atoms with Crippen molar-refractivity contribution in [3.8, 4) is 0 Å². The fourth-order valence-electron chi connectivity index (χ4n) is 2.41. The Morgan fingerprint density at radius 2 is 1.52 bits per heavy atom. The Labute approximate surface area is 181 Å². The number of hydrogen-bond donors (Lipinski definition) is 0. The Hall–Kier alpha value is -2.06. The van der Waals surface area contributed by atoms with E-state index in [1.54, 1.807) is 0 Å². The van der Waals surface area contributed by atoms with Gasteiger partial charge in [0.2, 0.25) is 0 Å². The van der Waals surface area contributed by atoms with E-state index >= 15 is 0 Å². The second-order valence-electron chi connectivity index (χ2n) is 6.17. The van der Waals surface area contributed by atoms with E-state index in [1.165, 1.54) is 5.57 Å². The standard InChI is InChI=1S/C23H32O2.2C2H6/c1-7-9-13-19(5)20(6)23(25-17-16-24-18(3)4)22(8-2)21-14-11-10-12-15-21;2*1-2/h7-15,18H,16-17H2,1-6H3;2*1-2H3/b9-7-,19-13+,22-8-,23-20-;;. The van der Waals surface area contributed by atoms with Crippen molar-refractivity contribution in [1.29, 1.82) is 0 Å². The predicted octanol–water partition coefficient (Wildman–Crippen LogP) is 8.38. The monoisotopic (exact) mass is 400 g/mol. The van der Waals surface area contributed by atoms with Crippen LogP contribution in [-0.2, 0) is 9.47 Å². The molecular weight excluding hydrogens is 356 g/mol. The molecule has 0 saturated heterocycles. The normalized spacial score (nSPS) is 12.7. The molecule has 1 rings (SSSR count). The zero-order valence-corrected chi connectivity index (χ0v) is 20.5. The molecule has 2 heteroatoms. The summed E-state index contributed by atoms with van der Waals surface area (Å²) in [6.45, 7) is 21.5. The van der Waals surface area contributed by atoms with Crippen LogP contribution in [0.25, 0.3) is 5.57 Å². The van der Waals surface area contributed by atoms with Gasteiger partial charge in [0, 0.05) is 5.57 Å². The molecule has 0 aromatic heterocycles. The first-order chi connectivity index (χ1) is 14.0. The van der Waals surface area contributed by atoms with Gasteiger partial charge in [0.05, 0.1) is 12.7 Å². The number of hydrogen-bond acceptors (Lipinski definition) is 2. The van der Waals surface area contributed by atoms with Gasteiger partial charge in [0.1, 0.15) is 12.4 Å². The van der Waals surface area contributed by atoms with E-state index in [0.29, 0.717) is 13.2 Å². The molecule has 0 radical (unpaired) electrons. The van der Waals surface area contributed by atoms with Crippen LogP contribution in [0.2, 0.25) is 0 Å². The van der Waals surface area contributed by atoms with Crippen molar-refractivity contribution in [2.75, 3.05) is 13.2 Å². The molecule has 0 spiro atoms. The van der Waals surface area contributed by atoms with Crippen LogP contribution in [-0.4, -0.2) is 19.3 Å². The molecule has 0 bridgehead atoms. The highest BCUT2D eigenvalue weighted by Crippen LogP contribution is 2.29. The summed E-state index contributed by atoms with van der Waals surface area (Å²) in [6, 6.07) is 10.4. The number of rotatable bonds is 9. The Morgan fingerprint density at radius 3 is 2.00 bits per heavy atom. The van der Waals surface area contributed by atoms with Gasteiger partial charge in [-0.2, -0.15) is 0 Å². The summed E-state index contributed by atoms with van der Waals surface area (Å²) in [5, 5.41) is 0. The molecule has 2 nitrogen and oxygen atoms in total. The minimum Gasteiger partial charge on any atom is -0.490 e. The van der Waals surface area contributed by atoms with E-state index in [4.69, 9.17) is 9.47 Å². The second kappa shape index (κ2) is 19.3. The van der Waals surface area contributed by atoms with Crippen LogP contribution in [0.4, 0.5) is 0 Å². The van der Waals surface area contributed by atoms with Crippen molar-refractivity contribution < 1.29 is 9.47 Å². The molecule has 0 aliphatic rings. The summed E-state index contributed by atoms with van der Waals surface area (Å²) in [5.41, 5.74) is 4.59. The quantitative estimate of drug-likeness (QED) is 0.235. The van der Waals surface area contributed by atoms with Crippen LogP contribution in [0, 0.1) is 0 Å². The van der Waals surface area contributed by atoms with Gasteiger partial charge in [-0.1, -0.05) is 82.3 Å². The average molecular weight is 401 g/mol. The molecule has 1 aromatic carbocycles. The van der Waals surface area contributed by atoms with Crippen molar-refractivity contribution >= 4 is 5.57 Å². The lowest BCUT2D eigenvalue weighted by Crippen LogP contribution is -2.11. The number of ether oxygens (including phenoxy) is 2. The van der Waals surface area contributed by atoms with Crippen LogP contribution in [0.15, 0.2) is 71.5 Å². The molecule has 0 atom stereocenters. The molecule has 29 heavy (non-hydrogen) atoms. The van der Waals surface area contributed by atoms with E-state index in [1.807, 2.05) is 60.6 Å². The maximum Gasteiger partial charge on any atom is 0.130 e. The fraction of sp³-hybridized carbons (Fsp3) is 0.481. The van der Waals surface area contributed by atoms with Crippen molar-refractivity contribution in [2.45, 2.75) is 75.3 Å². The Bertz CT molecular complexity index is 632. The molecule has 0 aliphatic heterocycles. The van der Waals surface area contributed by atoms with E-state index in [0.717, 1.165) is 22.5 Å². The van der Waals surface area contributed by atoms with E-state index < -0.39 is 0 Å². The first-order valence-corrected chi connectivity index (χ1v) is 11.0. The van der Waals surface area contributed by atoms with Crippen LogP contribution in [0.5, 0.6) is 0 Å². The largest absolute Gasteiger partial charge is 0.490 e. The third kappa shape index (κ3) is 12.2. The van der Waals surface area contributed by atoms with Crippen LogP contribution in [0.1, 0.15) is 74.8 Å². The third-order valence-corrected chi connectivity index (χ3v) is 3.87. The first-order valence-electron chi connectivity index (χ1n) is 11.0. The van der Waals surface area contributed by atoms with Gasteiger partial charge in [-0.25, -0.2) is 0 Å². The smallest absolute Gasteiger partial charge is 0.130 e. The Morgan fingerprint density at radius 1 is 0.931 bits per heavy atom. The topological polar surface area (TPSA) is 18.5 Å². The van der Waals surface area contributed by atoms with Crippen molar-refractivity contribution in [1.82, 2.24) is 0 Å². The van der Waals surface area contributed by atoms with E-state index in [2.05, 4.69) is 63.3 Å². The molecule has 0 aliphatic carbocycles. The predicted molar refractivity (Wildman–Crippen MR) is 131 cm³/mol. The first kappa shape index (κ1) is 29.1. The molecule has 0 saturated carbocycles.